The van der Waals surface area contributed by atoms with Crippen molar-refractivity contribution in [2.24, 2.45) is 5.41 Å². The molecule has 0 radical (unpaired) electrons. The quantitative estimate of drug-likeness (QED) is 0.883. The number of phenols is 1. The number of benzene rings is 1. The normalized spacial score (nSPS) is 22.3. The summed E-state index contributed by atoms with van der Waals surface area (Å²) in [6.45, 7) is 4.02. The van der Waals surface area contributed by atoms with Crippen molar-refractivity contribution in [2.45, 2.75) is 19.4 Å². The van der Waals surface area contributed by atoms with E-state index in [1.165, 1.54) is 0 Å². The number of aromatic amines is 1. The number of carbonyl (C=O) groups excluding carboxylic acids is 1. The van der Waals surface area contributed by atoms with E-state index in [4.69, 9.17) is 4.74 Å². The highest BCUT2D eigenvalue weighted by atomic mass is 16.5. The summed E-state index contributed by atoms with van der Waals surface area (Å²) >= 11 is 0. The number of aromatic nitrogens is 2. The van der Waals surface area contributed by atoms with E-state index >= 15 is 0 Å². The molecular formula is C17H19N3O3. The molecule has 6 nitrogen and oxygen atoms in total. The topological polar surface area (TPSA) is 78.5 Å². The van der Waals surface area contributed by atoms with Gasteiger partial charge < -0.3 is 19.7 Å². The smallest absolute Gasteiger partial charge is 0.233 e. The minimum absolute atomic E-state index is 0.0364. The van der Waals surface area contributed by atoms with Gasteiger partial charge in [-0.15, -0.1) is 0 Å². The van der Waals surface area contributed by atoms with Crippen LogP contribution in [0, 0.1) is 5.41 Å². The van der Waals surface area contributed by atoms with Crippen LogP contribution in [0.3, 0.4) is 0 Å². The van der Waals surface area contributed by atoms with Gasteiger partial charge in [-0.25, -0.2) is 4.98 Å². The van der Waals surface area contributed by atoms with Gasteiger partial charge in [0.05, 0.1) is 42.9 Å². The van der Waals surface area contributed by atoms with Gasteiger partial charge >= 0.3 is 0 Å². The molecule has 2 aliphatic rings. The molecule has 1 unspecified atom stereocenters. The fourth-order valence-corrected chi connectivity index (χ4v) is 3.39. The summed E-state index contributed by atoms with van der Waals surface area (Å²) in [5, 5.41) is 9.77. The maximum Gasteiger partial charge on any atom is 0.233 e. The summed E-state index contributed by atoms with van der Waals surface area (Å²) in [4.78, 5) is 22.3. The molecule has 0 saturated carbocycles. The number of amides is 1. The van der Waals surface area contributed by atoms with Gasteiger partial charge in [-0.2, -0.15) is 0 Å². The number of nitrogens with zero attached hydrogens (tertiary/aromatic N) is 2. The first kappa shape index (κ1) is 14.3. The standard InChI is InChI=1S/C17H19N3O3/c1-17(8-23-9-17)16(22)20-6-13(11-3-2-4-12(21)5-11)15-14(7-20)18-10-19-15/h2-5,10,13,21H,6-9H2,1H3,(H,18,19). The van der Waals surface area contributed by atoms with Crippen molar-refractivity contribution in [2.75, 3.05) is 19.8 Å². The van der Waals surface area contributed by atoms with E-state index in [-0.39, 0.29) is 17.6 Å². The van der Waals surface area contributed by atoms with Crippen LogP contribution in [0.25, 0.3) is 0 Å². The van der Waals surface area contributed by atoms with Crippen LogP contribution in [0.4, 0.5) is 0 Å². The highest BCUT2D eigenvalue weighted by Crippen LogP contribution is 2.36. The molecule has 120 valence electrons. The zero-order valence-corrected chi connectivity index (χ0v) is 13.0. The van der Waals surface area contributed by atoms with E-state index in [0.717, 1.165) is 17.0 Å². The second-order valence-electron chi connectivity index (χ2n) is 6.65. The number of rotatable bonds is 2. The van der Waals surface area contributed by atoms with Gasteiger partial charge in [0.2, 0.25) is 5.91 Å². The van der Waals surface area contributed by atoms with Crippen molar-refractivity contribution in [1.29, 1.82) is 0 Å². The molecule has 3 heterocycles. The number of ether oxygens (including phenoxy) is 1. The number of nitrogens with one attached hydrogen (secondary N) is 1. The molecule has 1 aromatic heterocycles. The van der Waals surface area contributed by atoms with E-state index in [1.807, 2.05) is 24.0 Å². The van der Waals surface area contributed by atoms with E-state index in [9.17, 15) is 9.90 Å². The predicted octanol–water partition coefficient (Wildman–Crippen LogP) is 1.63. The summed E-state index contributed by atoms with van der Waals surface area (Å²) in [5.74, 6) is 0.308. The summed E-state index contributed by atoms with van der Waals surface area (Å²) in [6, 6.07) is 7.17. The van der Waals surface area contributed by atoms with Crippen LogP contribution in [0.1, 0.15) is 29.8 Å². The highest BCUT2D eigenvalue weighted by Gasteiger charge is 2.45. The Morgan fingerprint density at radius 3 is 3.00 bits per heavy atom. The Bertz CT molecular complexity index is 751. The molecule has 6 heteroatoms. The molecule has 0 aliphatic carbocycles. The molecular weight excluding hydrogens is 294 g/mol. The van der Waals surface area contributed by atoms with Gasteiger partial charge in [-0.3, -0.25) is 4.79 Å². The lowest BCUT2D eigenvalue weighted by Gasteiger charge is -2.42. The number of hydrogen-bond acceptors (Lipinski definition) is 4. The first-order valence-corrected chi connectivity index (χ1v) is 7.75. The SMILES string of the molecule is CC1(C(=O)N2Cc3[nH]cnc3C(c3cccc(O)c3)C2)COC1. The number of H-pyrrole nitrogens is 1. The van der Waals surface area contributed by atoms with Crippen LogP contribution in [0.2, 0.25) is 0 Å². The van der Waals surface area contributed by atoms with E-state index < -0.39 is 5.41 Å². The highest BCUT2D eigenvalue weighted by molar-refractivity contribution is 5.83. The van der Waals surface area contributed by atoms with Gasteiger partial charge in [0.1, 0.15) is 5.75 Å². The van der Waals surface area contributed by atoms with Crippen molar-refractivity contribution in [3.05, 3.63) is 47.5 Å². The minimum atomic E-state index is -0.416. The summed E-state index contributed by atoms with van der Waals surface area (Å²) in [6.07, 6.45) is 1.67. The predicted molar refractivity (Wildman–Crippen MR) is 82.9 cm³/mol. The van der Waals surface area contributed by atoms with Gasteiger partial charge in [0.15, 0.2) is 0 Å². The van der Waals surface area contributed by atoms with Crippen LogP contribution in [-0.2, 0) is 16.1 Å². The Labute approximate surface area is 134 Å². The molecule has 0 spiro atoms. The molecule has 2 aliphatic heterocycles. The molecule has 1 fully saturated rings. The van der Waals surface area contributed by atoms with Crippen molar-refractivity contribution < 1.29 is 14.6 Å². The van der Waals surface area contributed by atoms with Gasteiger partial charge in [-0.05, 0) is 24.6 Å². The first-order valence-electron chi connectivity index (χ1n) is 7.75. The van der Waals surface area contributed by atoms with Crippen molar-refractivity contribution in [1.82, 2.24) is 14.9 Å². The Morgan fingerprint density at radius 1 is 1.48 bits per heavy atom. The zero-order chi connectivity index (χ0) is 16.0. The first-order chi connectivity index (χ1) is 11.1. The second-order valence-corrected chi connectivity index (χ2v) is 6.65. The molecule has 1 amide bonds. The molecule has 1 saturated heterocycles. The average molecular weight is 313 g/mol. The van der Waals surface area contributed by atoms with Crippen molar-refractivity contribution in [3.8, 4) is 5.75 Å². The third-order valence-corrected chi connectivity index (χ3v) is 4.75. The number of phenolic OH excluding ortho intramolecular Hbond substituents is 1. The fourth-order valence-electron chi connectivity index (χ4n) is 3.39. The molecule has 2 N–H and O–H groups in total. The summed E-state index contributed by atoms with van der Waals surface area (Å²) in [5.41, 5.74) is 2.46. The Balaban J connectivity index is 1.68. The van der Waals surface area contributed by atoms with Gasteiger partial charge in [-0.1, -0.05) is 12.1 Å². The largest absolute Gasteiger partial charge is 0.508 e. The monoisotopic (exact) mass is 313 g/mol. The number of hydrogen-bond donors (Lipinski definition) is 2. The molecule has 1 atom stereocenters. The number of carbonyl (C=O) groups is 1. The maximum absolute atomic E-state index is 12.8. The zero-order valence-electron chi connectivity index (χ0n) is 13.0. The number of aromatic hydroxyl groups is 1. The lowest BCUT2D eigenvalue weighted by molar-refractivity contribution is -0.170. The summed E-state index contributed by atoms with van der Waals surface area (Å²) < 4.78 is 5.23. The fraction of sp³-hybridized carbons (Fsp3) is 0.412. The lowest BCUT2D eigenvalue weighted by atomic mass is 9.84. The molecule has 0 bridgehead atoms. The number of fused-ring (bicyclic) bond motifs is 1. The number of imidazole rings is 1. The van der Waals surface area contributed by atoms with E-state index in [0.29, 0.717) is 26.3 Å². The lowest BCUT2D eigenvalue weighted by Crippen LogP contribution is -2.54. The van der Waals surface area contributed by atoms with Crippen LogP contribution in [0.15, 0.2) is 30.6 Å². The third kappa shape index (κ3) is 2.30. The second kappa shape index (κ2) is 5.09. The maximum atomic E-state index is 12.8. The Hall–Kier alpha value is -2.34. The van der Waals surface area contributed by atoms with Crippen LogP contribution >= 0.6 is 0 Å². The van der Waals surface area contributed by atoms with Crippen LogP contribution in [0.5, 0.6) is 5.75 Å². The van der Waals surface area contributed by atoms with Crippen LogP contribution < -0.4 is 0 Å². The van der Waals surface area contributed by atoms with Crippen LogP contribution in [-0.4, -0.2) is 45.6 Å². The van der Waals surface area contributed by atoms with Crippen molar-refractivity contribution in [3.63, 3.8) is 0 Å². The minimum Gasteiger partial charge on any atom is -0.508 e. The van der Waals surface area contributed by atoms with Gasteiger partial charge in [0, 0.05) is 12.5 Å². The van der Waals surface area contributed by atoms with E-state index in [1.54, 1.807) is 18.5 Å². The Morgan fingerprint density at radius 2 is 2.30 bits per heavy atom. The summed E-state index contributed by atoms with van der Waals surface area (Å²) in [7, 11) is 0. The van der Waals surface area contributed by atoms with Gasteiger partial charge in [0.25, 0.3) is 0 Å². The average Bonchev–Trinajstić information content (AvgIpc) is 2.99. The molecule has 2 aromatic rings. The third-order valence-electron chi connectivity index (χ3n) is 4.75. The molecule has 4 rings (SSSR count). The molecule has 23 heavy (non-hydrogen) atoms. The Kier molecular flexibility index (Phi) is 3.16. The molecule has 1 aromatic carbocycles. The van der Waals surface area contributed by atoms with E-state index in [2.05, 4.69) is 9.97 Å². The van der Waals surface area contributed by atoms with Crippen molar-refractivity contribution >= 4 is 5.91 Å².